The fraction of sp³-hybridized carbons (Fsp3) is 0.364. The average Bonchev–Trinajstić information content (AvgIpc) is 2.98. The van der Waals surface area contributed by atoms with Gasteiger partial charge in [0.25, 0.3) is 0 Å². The molecule has 2 atom stereocenters. The Labute approximate surface area is 92.4 Å². The first-order valence-corrected chi connectivity index (χ1v) is 5.93. The largest absolute Gasteiger partial charge is 0.481 e. The Balaban J connectivity index is 1.75. The molecule has 1 aromatic rings. The Bertz CT molecular complexity index is 339. The molecular formula is C11H12O3S. The third-order valence-corrected chi connectivity index (χ3v) is 3.23. The quantitative estimate of drug-likeness (QED) is 0.776. The molecule has 80 valence electrons. The SMILES string of the molecule is O=C(O)CSC[C@@H]1O[C@@H]1c1ccccc1. The fourth-order valence-corrected chi connectivity index (χ4v) is 2.25. The summed E-state index contributed by atoms with van der Waals surface area (Å²) in [6.45, 7) is 0. The maximum atomic E-state index is 10.3. The van der Waals surface area contributed by atoms with Gasteiger partial charge in [0.2, 0.25) is 0 Å². The van der Waals surface area contributed by atoms with Crippen molar-refractivity contribution in [2.24, 2.45) is 0 Å². The summed E-state index contributed by atoms with van der Waals surface area (Å²) >= 11 is 1.41. The van der Waals surface area contributed by atoms with E-state index in [1.807, 2.05) is 30.3 Å². The number of thioether (sulfide) groups is 1. The number of carboxylic acid groups (broad SMARTS) is 1. The van der Waals surface area contributed by atoms with Crippen molar-refractivity contribution in [3.8, 4) is 0 Å². The number of carboxylic acids is 1. The zero-order valence-corrected chi connectivity index (χ0v) is 8.94. The Kier molecular flexibility index (Phi) is 3.28. The van der Waals surface area contributed by atoms with Crippen LogP contribution in [0.1, 0.15) is 11.7 Å². The second-order valence-corrected chi connectivity index (χ2v) is 4.44. The van der Waals surface area contributed by atoms with E-state index in [0.717, 1.165) is 5.75 Å². The van der Waals surface area contributed by atoms with Gasteiger partial charge in [-0.15, -0.1) is 11.8 Å². The Morgan fingerprint density at radius 1 is 1.40 bits per heavy atom. The van der Waals surface area contributed by atoms with Crippen LogP contribution in [-0.2, 0) is 9.53 Å². The molecule has 0 unspecified atom stereocenters. The Morgan fingerprint density at radius 2 is 2.13 bits per heavy atom. The van der Waals surface area contributed by atoms with E-state index in [1.165, 1.54) is 17.3 Å². The molecule has 2 rings (SSSR count). The summed E-state index contributed by atoms with van der Waals surface area (Å²) in [6.07, 6.45) is 0.365. The van der Waals surface area contributed by atoms with E-state index >= 15 is 0 Å². The zero-order valence-electron chi connectivity index (χ0n) is 8.13. The van der Waals surface area contributed by atoms with Crippen molar-refractivity contribution >= 4 is 17.7 Å². The number of aliphatic carboxylic acids is 1. The third-order valence-electron chi connectivity index (χ3n) is 2.22. The van der Waals surface area contributed by atoms with E-state index in [9.17, 15) is 4.79 Å². The maximum absolute atomic E-state index is 10.3. The van der Waals surface area contributed by atoms with Gasteiger partial charge in [0.1, 0.15) is 6.10 Å². The minimum absolute atomic E-state index is 0.154. The highest BCUT2D eigenvalue weighted by Gasteiger charge is 2.39. The highest BCUT2D eigenvalue weighted by molar-refractivity contribution is 7.99. The average molecular weight is 224 g/mol. The molecule has 3 nitrogen and oxygen atoms in total. The summed E-state index contributed by atoms with van der Waals surface area (Å²) in [5, 5.41) is 8.47. The number of carbonyl (C=O) groups is 1. The maximum Gasteiger partial charge on any atom is 0.313 e. The van der Waals surface area contributed by atoms with Crippen molar-refractivity contribution < 1.29 is 14.6 Å². The molecule has 1 aromatic carbocycles. The van der Waals surface area contributed by atoms with Crippen LogP contribution in [0.15, 0.2) is 30.3 Å². The van der Waals surface area contributed by atoms with Crippen molar-refractivity contribution in [1.29, 1.82) is 0 Å². The molecule has 0 bridgehead atoms. The normalized spacial score (nSPS) is 23.7. The number of benzene rings is 1. The first-order valence-electron chi connectivity index (χ1n) is 4.77. The van der Waals surface area contributed by atoms with Gasteiger partial charge in [0.05, 0.1) is 11.9 Å². The standard InChI is InChI=1S/C11H12O3S/c12-10(13)7-15-6-9-11(14-9)8-4-2-1-3-5-8/h1-5,9,11H,6-7H2,(H,12,13)/t9-,11+/m0/s1. The summed E-state index contributed by atoms with van der Waals surface area (Å²) in [5.41, 5.74) is 1.18. The van der Waals surface area contributed by atoms with Crippen LogP contribution < -0.4 is 0 Å². The lowest BCUT2D eigenvalue weighted by atomic mass is 10.1. The van der Waals surface area contributed by atoms with E-state index in [2.05, 4.69) is 0 Å². The number of ether oxygens (including phenoxy) is 1. The number of hydrogen-bond acceptors (Lipinski definition) is 3. The Morgan fingerprint density at radius 3 is 2.80 bits per heavy atom. The van der Waals surface area contributed by atoms with Crippen molar-refractivity contribution in [2.75, 3.05) is 11.5 Å². The second kappa shape index (κ2) is 4.68. The molecule has 0 aromatic heterocycles. The van der Waals surface area contributed by atoms with Gasteiger partial charge in [0, 0.05) is 5.75 Å². The first kappa shape index (κ1) is 10.5. The topological polar surface area (TPSA) is 49.8 Å². The smallest absolute Gasteiger partial charge is 0.313 e. The summed E-state index contributed by atoms with van der Waals surface area (Å²) in [7, 11) is 0. The lowest BCUT2D eigenvalue weighted by molar-refractivity contribution is -0.133. The van der Waals surface area contributed by atoms with Crippen LogP contribution in [0.3, 0.4) is 0 Å². The zero-order chi connectivity index (χ0) is 10.7. The molecule has 0 spiro atoms. The molecule has 1 N–H and O–H groups in total. The fourth-order valence-electron chi connectivity index (χ4n) is 1.47. The predicted molar refractivity (Wildman–Crippen MR) is 59.0 cm³/mol. The molecule has 1 fully saturated rings. The lowest BCUT2D eigenvalue weighted by Gasteiger charge is -1.95. The number of hydrogen-bond donors (Lipinski definition) is 1. The molecule has 1 heterocycles. The van der Waals surface area contributed by atoms with Crippen molar-refractivity contribution in [2.45, 2.75) is 12.2 Å². The van der Waals surface area contributed by atoms with E-state index in [-0.39, 0.29) is 18.0 Å². The van der Waals surface area contributed by atoms with Gasteiger partial charge >= 0.3 is 5.97 Å². The van der Waals surface area contributed by atoms with Crippen LogP contribution in [0.2, 0.25) is 0 Å². The van der Waals surface area contributed by atoms with E-state index in [1.54, 1.807) is 0 Å². The molecule has 0 radical (unpaired) electrons. The van der Waals surface area contributed by atoms with Gasteiger partial charge < -0.3 is 9.84 Å². The van der Waals surface area contributed by atoms with Crippen LogP contribution >= 0.6 is 11.8 Å². The van der Waals surface area contributed by atoms with Gasteiger partial charge in [-0.2, -0.15) is 0 Å². The molecule has 0 aliphatic carbocycles. The van der Waals surface area contributed by atoms with E-state index < -0.39 is 5.97 Å². The Hall–Kier alpha value is -1.00. The van der Waals surface area contributed by atoms with Gasteiger partial charge in [-0.3, -0.25) is 4.79 Å². The van der Waals surface area contributed by atoms with Gasteiger partial charge in [0.15, 0.2) is 0 Å². The summed E-state index contributed by atoms with van der Waals surface area (Å²) in [5.74, 6) is 0.143. The van der Waals surface area contributed by atoms with Crippen molar-refractivity contribution in [3.05, 3.63) is 35.9 Å². The lowest BCUT2D eigenvalue weighted by Crippen LogP contribution is -2.01. The molecule has 15 heavy (non-hydrogen) atoms. The summed E-state index contributed by atoms with van der Waals surface area (Å²) in [4.78, 5) is 10.3. The molecule has 1 aliphatic rings. The third kappa shape index (κ3) is 2.97. The van der Waals surface area contributed by atoms with Crippen molar-refractivity contribution in [1.82, 2.24) is 0 Å². The highest BCUT2D eigenvalue weighted by Crippen LogP contribution is 2.40. The van der Waals surface area contributed by atoms with E-state index in [0.29, 0.717) is 0 Å². The molecule has 0 amide bonds. The monoisotopic (exact) mass is 224 g/mol. The van der Waals surface area contributed by atoms with Crippen LogP contribution in [0, 0.1) is 0 Å². The first-order chi connectivity index (χ1) is 7.27. The van der Waals surface area contributed by atoms with Crippen molar-refractivity contribution in [3.63, 3.8) is 0 Å². The van der Waals surface area contributed by atoms with Gasteiger partial charge in [-0.1, -0.05) is 30.3 Å². The highest BCUT2D eigenvalue weighted by atomic mass is 32.2. The second-order valence-electron chi connectivity index (χ2n) is 3.41. The summed E-state index contributed by atoms with van der Waals surface area (Å²) in [6, 6.07) is 10.0. The minimum Gasteiger partial charge on any atom is -0.481 e. The van der Waals surface area contributed by atoms with Crippen LogP contribution in [0.4, 0.5) is 0 Å². The number of epoxide rings is 1. The molecule has 0 saturated carbocycles. The van der Waals surface area contributed by atoms with Crippen LogP contribution in [0.5, 0.6) is 0 Å². The van der Waals surface area contributed by atoms with Gasteiger partial charge in [-0.25, -0.2) is 0 Å². The van der Waals surface area contributed by atoms with E-state index in [4.69, 9.17) is 9.84 Å². The van der Waals surface area contributed by atoms with Crippen LogP contribution in [-0.4, -0.2) is 28.7 Å². The number of rotatable bonds is 5. The van der Waals surface area contributed by atoms with Crippen LogP contribution in [0.25, 0.3) is 0 Å². The molecule has 1 saturated heterocycles. The molecule has 1 aliphatic heterocycles. The summed E-state index contributed by atoms with van der Waals surface area (Å²) < 4.78 is 5.47. The minimum atomic E-state index is -0.767. The molecular weight excluding hydrogens is 212 g/mol. The van der Waals surface area contributed by atoms with Gasteiger partial charge in [-0.05, 0) is 5.56 Å². The molecule has 4 heteroatoms. The predicted octanol–water partition coefficient (Wildman–Crippen LogP) is 1.94.